The number of aromatic nitrogens is 1. The molecule has 0 saturated carbocycles. The van der Waals surface area contributed by atoms with Crippen molar-refractivity contribution in [2.75, 3.05) is 18.8 Å². The van der Waals surface area contributed by atoms with Crippen LogP contribution in [0.3, 0.4) is 0 Å². The molecule has 0 aliphatic carbocycles. The fourth-order valence-corrected chi connectivity index (χ4v) is 1.62. The zero-order valence-electron chi connectivity index (χ0n) is 10.8. The number of pyridine rings is 1. The van der Waals surface area contributed by atoms with E-state index in [-0.39, 0.29) is 18.0 Å². The lowest BCUT2D eigenvalue weighted by molar-refractivity contribution is -0.131. The fraction of sp³-hybridized carbons (Fsp3) is 0.385. The van der Waals surface area contributed by atoms with Crippen molar-refractivity contribution in [3.05, 3.63) is 40.8 Å². The van der Waals surface area contributed by atoms with E-state index in [0.717, 1.165) is 5.57 Å². The van der Waals surface area contributed by atoms with Crippen LogP contribution in [-0.2, 0) is 11.3 Å². The van der Waals surface area contributed by atoms with Crippen LogP contribution in [0.1, 0.15) is 13.8 Å². The van der Waals surface area contributed by atoms with Gasteiger partial charge in [0.25, 0.3) is 5.56 Å². The number of carbonyl (C=O) groups is 1. The third-order valence-corrected chi connectivity index (χ3v) is 2.51. The second kappa shape index (κ2) is 6.05. The number of hydrogen-bond acceptors (Lipinski definition) is 3. The molecule has 0 bridgehead atoms. The second-order valence-corrected chi connectivity index (χ2v) is 4.29. The molecule has 1 heterocycles. The molecule has 0 fully saturated rings. The normalized spacial score (nSPS) is 10.1. The van der Waals surface area contributed by atoms with Crippen LogP contribution in [0, 0.1) is 0 Å². The van der Waals surface area contributed by atoms with E-state index in [2.05, 4.69) is 6.58 Å². The first-order valence-corrected chi connectivity index (χ1v) is 5.82. The summed E-state index contributed by atoms with van der Waals surface area (Å²) < 4.78 is 1.32. The lowest BCUT2D eigenvalue weighted by Crippen LogP contribution is -2.37. The highest BCUT2D eigenvalue weighted by Gasteiger charge is 2.12. The number of likely N-dealkylation sites (N-methyl/N-ethyl adjacent to an activating group) is 1. The predicted molar refractivity (Wildman–Crippen MR) is 72.2 cm³/mol. The molecule has 5 heteroatoms. The molecule has 0 aliphatic rings. The topological polar surface area (TPSA) is 68.3 Å². The number of hydrogen-bond donors (Lipinski definition) is 1. The maximum atomic E-state index is 12.0. The molecule has 1 aromatic heterocycles. The number of nitrogens with zero attached hydrogens (tertiary/aromatic N) is 2. The van der Waals surface area contributed by atoms with Crippen LogP contribution in [-0.4, -0.2) is 28.5 Å². The Morgan fingerprint density at radius 3 is 2.72 bits per heavy atom. The van der Waals surface area contributed by atoms with Crippen molar-refractivity contribution < 1.29 is 4.79 Å². The van der Waals surface area contributed by atoms with Crippen molar-refractivity contribution in [3.8, 4) is 0 Å². The van der Waals surface area contributed by atoms with Crippen LogP contribution in [0.25, 0.3) is 0 Å². The number of nitrogen functional groups attached to an aromatic ring is 1. The van der Waals surface area contributed by atoms with Crippen molar-refractivity contribution in [2.24, 2.45) is 0 Å². The summed E-state index contributed by atoms with van der Waals surface area (Å²) in [6, 6.07) is 2.88. The second-order valence-electron chi connectivity index (χ2n) is 4.29. The van der Waals surface area contributed by atoms with Crippen LogP contribution in [0.2, 0.25) is 0 Å². The van der Waals surface area contributed by atoms with Crippen molar-refractivity contribution in [1.29, 1.82) is 0 Å². The smallest absolute Gasteiger partial charge is 0.251 e. The maximum absolute atomic E-state index is 12.0. The quantitative estimate of drug-likeness (QED) is 0.787. The first-order valence-electron chi connectivity index (χ1n) is 5.82. The summed E-state index contributed by atoms with van der Waals surface area (Å²) in [5, 5.41) is 0. The summed E-state index contributed by atoms with van der Waals surface area (Å²) in [6.07, 6.45) is 1.48. The minimum Gasteiger partial charge on any atom is -0.398 e. The molecule has 2 N–H and O–H groups in total. The van der Waals surface area contributed by atoms with Crippen LogP contribution >= 0.6 is 0 Å². The molecule has 5 nitrogen and oxygen atoms in total. The van der Waals surface area contributed by atoms with E-state index in [0.29, 0.717) is 18.8 Å². The Labute approximate surface area is 107 Å². The van der Waals surface area contributed by atoms with E-state index in [1.807, 2.05) is 13.8 Å². The van der Waals surface area contributed by atoms with Gasteiger partial charge < -0.3 is 15.2 Å². The van der Waals surface area contributed by atoms with Gasteiger partial charge in [-0.3, -0.25) is 9.59 Å². The van der Waals surface area contributed by atoms with E-state index in [1.54, 1.807) is 4.90 Å². The van der Waals surface area contributed by atoms with Gasteiger partial charge in [-0.15, -0.1) is 0 Å². The molecule has 18 heavy (non-hydrogen) atoms. The fourth-order valence-electron chi connectivity index (χ4n) is 1.62. The average molecular weight is 249 g/mol. The Morgan fingerprint density at radius 1 is 1.50 bits per heavy atom. The monoisotopic (exact) mass is 249 g/mol. The lowest BCUT2D eigenvalue weighted by Gasteiger charge is -2.21. The average Bonchev–Trinajstić information content (AvgIpc) is 2.30. The predicted octanol–water partition coefficient (Wildman–Crippen LogP) is 0.855. The van der Waals surface area contributed by atoms with E-state index < -0.39 is 0 Å². The highest BCUT2D eigenvalue weighted by Crippen LogP contribution is 2.00. The molecular formula is C13H19N3O2. The summed E-state index contributed by atoms with van der Waals surface area (Å²) in [5.41, 5.74) is 6.73. The first kappa shape index (κ1) is 14.0. The van der Waals surface area contributed by atoms with Gasteiger partial charge in [0.15, 0.2) is 0 Å². The van der Waals surface area contributed by atoms with Crippen LogP contribution < -0.4 is 11.3 Å². The summed E-state index contributed by atoms with van der Waals surface area (Å²) in [4.78, 5) is 25.2. The molecule has 1 aromatic rings. The lowest BCUT2D eigenvalue weighted by atomic mass is 10.3. The number of nitrogens with two attached hydrogens (primary N) is 1. The Kier molecular flexibility index (Phi) is 4.71. The number of amides is 1. The van der Waals surface area contributed by atoms with Crippen molar-refractivity contribution >= 4 is 11.6 Å². The molecule has 0 unspecified atom stereocenters. The molecule has 0 radical (unpaired) electrons. The molecule has 0 spiro atoms. The highest BCUT2D eigenvalue weighted by molar-refractivity contribution is 5.76. The standard InChI is InChI=1S/C13H19N3O2/c1-4-15(7-10(2)3)13(18)9-16-8-11(14)5-6-12(16)17/h5-6,8H,2,4,7,9,14H2,1,3H3. The Bertz CT molecular complexity index is 505. The molecule has 0 saturated heterocycles. The molecule has 1 amide bonds. The van der Waals surface area contributed by atoms with Gasteiger partial charge in [0.1, 0.15) is 6.54 Å². The van der Waals surface area contributed by atoms with Crippen molar-refractivity contribution in [2.45, 2.75) is 20.4 Å². The SMILES string of the molecule is C=C(C)CN(CC)C(=O)Cn1cc(N)ccc1=O. The van der Waals surface area contributed by atoms with E-state index >= 15 is 0 Å². The molecule has 0 atom stereocenters. The number of rotatable bonds is 5. The number of anilines is 1. The van der Waals surface area contributed by atoms with Crippen molar-refractivity contribution in [1.82, 2.24) is 9.47 Å². The summed E-state index contributed by atoms with van der Waals surface area (Å²) in [5.74, 6) is -0.117. The van der Waals surface area contributed by atoms with Gasteiger partial charge in [-0.05, 0) is 19.9 Å². The molecular weight excluding hydrogens is 230 g/mol. The van der Waals surface area contributed by atoms with Gasteiger partial charge in [-0.1, -0.05) is 12.2 Å². The van der Waals surface area contributed by atoms with Gasteiger partial charge in [0, 0.05) is 31.0 Å². The third-order valence-electron chi connectivity index (χ3n) is 2.51. The van der Waals surface area contributed by atoms with Gasteiger partial charge in [-0.25, -0.2) is 0 Å². The molecule has 0 aliphatic heterocycles. The van der Waals surface area contributed by atoms with Gasteiger partial charge in [0.2, 0.25) is 5.91 Å². The first-order chi connectivity index (χ1) is 8.43. The van der Waals surface area contributed by atoms with E-state index in [9.17, 15) is 9.59 Å². The zero-order chi connectivity index (χ0) is 13.7. The van der Waals surface area contributed by atoms with Crippen LogP contribution in [0.4, 0.5) is 5.69 Å². The minimum absolute atomic E-state index is 0.00495. The zero-order valence-corrected chi connectivity index (χ0v) is 10.8. The van der Waals surface area contributed by atoms with E-state index in [4.69, 9.17) is 5.73 Å². The van der Waals surface area contributed by atoms with Gasteiger partial charge >= 0.3 is 0 Å². The van der Waals surface area contributed by atoms with Gasteiger partial charge in [0.05, 0.1) is 0 Å². The van der Waals surface area contributed by atoms with Crippen LogP contribution in [0.15, 0.2) is 35.3 Å². The summed E-state index contributed by atoms with van der Waals surface area (Å²) in [7, 11) is 0. The molecule has 0 aromatic carbocycles. The minimum atomic E-state index is -0.232. The van der Waals surface area contributed by atoms with E-state index in [1.165, 1.54) is 22.9 Å². The summed E-state index contributed by atoms with van der Waals surface area (Å²) >= 11 is 0. The third kappa shape index (κ3) is 3.76. The van der Waals surface area contributed by atoms with Gasteiger partial charge in [-0.2, -0.15) is 0 Å². The maximum Gasteiger partial charge on any atom is 0.251 e. The molecule has 1 rings (SSSR count). The number of carbonyl (C=O) groups excluding carboxylic acids is 1. The largest absolute Gasteiger partial charge is 0.398 e. The Balaban J connectivity index is 2.82. The Morgan fingerprint density at radius 2 is 2.17 bits per heavy atom. The van der Waals surface area contributed by atoms with Crippen LogP contribution in [0.5, 0.6) is 0 Å². The Hall–Kier alpha value is -2.04. The molecule has 98 valence electrons. The summed E-state index contributed by atoms with van der Waals surface area (Å²) in [6.45, 7) is 8.63. The van der Waals surface area contributed by atoms with Crippen molar-refractivity contribution in [3.63, 3.8) is 0 Å². The highest BCUT2D eigenvalue weighted by atomic mass is 16.2.